The number of nitrogens with two attached hydrogens (primary N) is 1. The van der Waals surface area contributed by atoms with Crippen LogP contribution in [0.25, 0.3) is 0 Å². The van der Waals surface area contributed by atoms with E-state index in [0.29, 0.717) is 12.1 Å². The minimum atomic E-state index is -0.810. The summed E-state index contributed by atoms with van der Waals surface area (Å²) in [4.78, 5) is 9.82. The molecular formula is C14H16FN3O2. The van der Waals surface area contributed by atoms with Crippen molar-refractivity contribution in [3.05, 3.63) is 63.7 Å². The van der Waals surface area contributed by atoms with Gasteiger partial charge in [-0.3, -0.25) is 10.1 Å². The van der Waals surface area contributed by atoms with Gasteiger partial charge in [0.05, 0.1) is 4.92 Å². The topological polar surface area (TPSA) is 74.1 Å². The van der Waals surface area contributed by atoms with Crippen LogP contribution in [0, 0.1) is 15.9 Å². The molecule has 1 aromatic carbocycles. The van der Waals surface area contributed by atoms with E-state index in [1.165, 1.54) is 12.1 Å². The molecule has 0 aliphatic rings. The third-order valence-electron chi connectivity index (χ3n) is 2.94. The largest absolute Gasteiger partial charge is 0.350 e. The van der Waals surface area contributed by atoms with Crippen LogP contribution in [-0.2, 0) is 13.0 Å². The van der Waals surface area contributed by atoms with E-state index < -0.39 is 16.4 Å². The minimum Gasteiger partial charge on any atom is -0.350 e. The molecule has 1 unspecified atom stereocenters. The van der Waals surface area contributed by atoms with Gasteiger partial charge in [0, 0.05) is 31.0 Å². The molecule has 1 atom stereocenters. The number of nitro benzene ring substituents is 1. The van der Waals surface area contributed by atoms with Crippen molar-refractivity contribution in [2.75, 3.05) is 0 Å². The molecule has 1 aromatic heterocycles. The third kappa shape index (κ3) is 3.42. The summed E-state index contributed by atoms with van der Waals surface area (Å²) in [7, 11) is 0. The van der Waals surface area contributed by atoms with E-state index in [1.807, 2.05) is 30.0 Å². The molecule has 106 valence electrons. The summed E-state index contributed by atoms with van der Waals surface area (Å²) < 4.78 is 15.4. The van der Waals surface area contributed by atoms with Crippen LogP contribution in [0.4, 0.5) is 10.1 Å². The van der Waals surface area contributed by atoms with Crippen LogP contribution in [0.2, 0.25) is 0 Å². The Morgan fingerprint density at radius 2 is 2.15 bits per heavy atom. The van der Waals surface area contributed by atoms with Gasteiger partial charge in [0.25, 0.3) is 0 Å². The maximum Gasteiger partial charge on any atom is 0.304 e. The molecule has 5 nitrogen and oxygen atoms in total. The van der Waals surface area contributed by atoms with E-state index in [4.69, 9.17) is 5.73 Å². The van der Waals surface area contributed by atoms with Gasteiger partial charge in [-0.05, 0) is 36.6 Å². The van der Waals surface area contributed by atoms with Crippen molar-refractivity contribution in [3.63, 3.8) is 0 Å². The average Bonchev–Trinajstić information content (AvgIpc) is 2.75. The van der Waals surface area contributed by atoms with Crippen molar-refractivity contribution in [2.45, 2.75) is 25.9 Å². The summed E-state index contributed by atoms with van der Waals surface area (Å²) in [6.07, 6.45) is 4.61. The minimum absolute atomic E-state index is 0.0858. The number of rotatable bonds is 5. The zero-order chi connectivity index (χ0) is 14.7. The van der Waals surface area contributed by atoms with Crippen LogP contribution in [0.3, 0.4) is 0 Å². The zero-order valence-electron chi connectivity index (χ0n) is 11.1. The van der Waals surface area contributed by atoms with Crippen molar-refractivity contribution in [2.24, 2.45) is 5.73 Å². The Labute approximate surface area is 116 Å². The maximum absolute atomic E-state index is 13.5. The first kappa shape index (κ1) is 14.2. The van der Waals surface area contributed by atoms with Crippen molar-refractivity contribution in [3.8, 4) is 0 Å². The number of nitro groups is 1. The average molecular weight is 277 g/mol. The Morgan fingerprint density at radius 1 is 1.40 bits per heavy atom. The smallest absolute Gasteiger partial charge is 0.304 e. The highest BCUT2D eigenvalue weighted by molar-refractivity contribution is 5.35. The van der Waals surface area contributed by atoms with Crippen molar-refractivity contribution in [1.82, 2.24) is 4.57 Å². The lowest BCUT2D eigenvalue weighted by molar-refractivity contribution is -0.387. The fraction of sp³-hybridized carbons (Fsp3) is 0.286. The van der Waals surface area contributed by atoms with Crippen LogP contribution in [-0.4, -0.2) is 15.5 Å². The number of halogens is 1. The van der Waals surface area contributed by atoms with E-state index in [9.17, 15) is 14.5 Å². The van der Waals surface area contributed by atoms with Gasteiger partial charge in [-0.15, -0.1) is 0 Å². The Morgan fingerprint density at radius 3 is 2.75 bits per heavy atom. The Hall–Kier alpha value is -2.21. The first-order valence-electron chi connectivity index (χ1n) is 6.29. The Balaban J connectivity index is 2.12. The van der Waals surface area contributed by atoms with Crippen LogP contribution in [0.1, 0.15) is 18.1 Å². The molecule has 0 amide bonds. The van der Waals surface area contributed by atoms with Gasteiger partial charge in [0.1, 0.15) is 0 Å². The quantitative estimate of drug-likeness (QED) is 0.674. The van der Waals surface area contributed by atoms with Gasteiger partial charge >= 0.3 is 5.69 Å². The van der Waals surface area contributed by atoms with Gasteiger partial charge in [0.15, 0.2) is 0 Å². The molecule has 2 rings (SSSR count). The van der Waals surface area contributed by atoms with Gasteiger partial charge in [0.2, 0.25) is 5.82 Å². The number of hydrogen-bond acceptors (Lipinski definition) is 3. The van der Waals surface area contributed by atoms with Gasteiger partial charge in [-0.1, -0.05) is 6.07 Å². The lowest BCUT2D eigenvalue weighted by atomic mass is 10.1. The van der Waals surface area contributed by atoms with Crippen LogP contribution in [0.5, 0.6) is 0 Å². The van der Waals surface area contributed by atoms with Crippen molar-refractivity contribution in [1.29, 1.82) is 0 Å². The van der Waals surface area contributed by atoms with E-state index >= 15 is 0 Å². The predicted molar refractivity (Wildman–Crippen MR) is 73.9 cm³/mol. The van der Waals surface area contributed by atoms with E-state index in [1.54, 1.807) is 6.07 Å². The summed E-state index contributed by atoms with van der Waals surface area (Å²) in [6, 6.07) is 6.00. The van der Waals surface area contributed by atoms with E-state index in [2.05, 4.69) is 0 Å². The van der Waals surface area contributed by atoms with E-state index in [0.717, 1.165) is 12.0 Å². The summed E-state index contributed by atoms with van der Waals surface area (Å²) >= 11 is 0. The molecular weight excluding hydrogens is 261 g/mol. The molecule has 20 heavy (non-hydrogen) atoms. The highest BCUT2D eigenvalue weighted by Gasteiger charge is 2.13. The highest BCUT2D eigenvalue weighted by atomic mass is 19.1. The fourth-order valence-corrected chi connectivity index (χ4v) is 2.09. The molecule has 0 aliphatic heterocycles. The van der Waals surface area contributed by atoms with Gasteiger partial charge in [-0.2, -0.15) is 4.39 Å². The van der Waals surface area contributed by atoms with Gasteiger partial charge in [-0.25, -0.2) is 0 Å². The normalized spacial score (nSPS) is 12.3. The first-order valence-corrected chi connectivity index (χ1v) is 6.29. The maximum atomic E-state index is 13.5. The van der Waals surface area contributed by atoms with Crippen molar-refractivity contribution >= 4 is 5.69 Å². The number of hydrogen-bond donors (Lipinski definition) is 1. The summed E-state index contributed by atoms with van der Waals surface area (Å²) in [5.74, 6) is -0.810. The third-order valence-corrected chi connectivity index (χ3v) is 2.94. The monoisotopic (exact) mass is 277 g/mol. The molecule has 2 aromatic rings. The lowest BCUT2D eigenvalue weighted by Crippen LogP contribution is -2.17. The standard InChI is InChI=1S/C14H16FN3O2/c1-10(16)6-12-4-5-17(9-12)8-11-2-3-14(18(19)20)13(15)7-11/h2-5,7,9-10H,6,8,16H2,1H3. The summed E-state index contributed by atoms with van der Waals surface area (Å²) in [5, 5.41) is 10.5. The molecule has 0 saturated carbocycles. The predicted octanol–water partition coefficient (Wildman–Crippen LogP) is 2.47. The molecule has 6 heteroatoms. The molecule has 0 bridgehead atoms. The molecule has 2 N–H and O–H groups in total. The molecule has 0 fully saturated rings. The van der Waals surface area contributed by atoms with E-state index in [-0.39, 0.29) is 6.04 Å². The summed E-state index contributed by atoms with van der Waals surface area (Å²) in [5.41, 5.74) is 7.02. The molecule has 0 radical (unpaired) electrons. The first-order chi connectivity index (χ1) is 9.45. The number of aromatic nitrogens is 1. The van der Waals surface area contributed by atoms with Crippen LogP contribution < -0.4 is 5.73 Å². The van der Waals surface area contributed by atoms with Crippen molar-refractivity contribution < 1.29 is 9.31 Å². The van der Waals surface area contributed by atoms with Crippen LogP contribution in [0.15, 0.2) is 36.7 Å². The molecule has 0 aliphatic carbocycles. The summed E-state index contributed by atoms with van der Waals surface area (Å²) in [6.45, 7) is 2.40. The Bertz CT molecular complexity index is 623. The lowest BCUT2D eigenvalue weighted by Gasteiger charge is -2.04. The second-order valence-electron chi connectivity index (χ2n) is 4.92. The SMILES string of the molecule is CC(N)Cc1ccn(Cc2ccc([N+](=O)[O-])c(F)c2)c1. The second-order valence-corrected chi connectivity index (χ2v) is 4.92. The second kappa shape index (κ2) is 5.83. The van der Waals surface area contributed by atoms with Gasteiger partial charge < -0.3 is 10.3 Å². The number of nitrogens with zero attached hydrogens (tertiary/aromatic N) is 2. The highest BCUT2D eigenvalue weighted by Crippen LogP contribution is 2.19. The molecule has 0 saturated heterocycles. The molecule has 0 spiro atoms. The molecule has 1 heterocycles. The fourth-order valence-electron chi connectivity index (χ4n) is 2.09. The number of benzene rings is 1. The zero-order valence-corrected chi connectivity index (χ0v) is 11.1. The van der Waals surface area contributed by atoms with Crippen LogP contribution >= 0.6 is 0 Å². The Kier molecular flexibility index (Phi) is 4.14.